The van der Waals surface area contributed by atoms with Crippen LogP contribution in [0.4, 0.5) is 10.1 Å². The van der Waals surface area contributed by atoms with E-state index in [9.17, 15) is 22.4 Å². The van der Waals surface area contributed by atoms with E-state index in [0.717, 1.165) is 21.7 Å². The molecule has 2 amide bonds. The van der Waals surface area contributed by atoms with E-state index in [1.807, 2.05) is 63.2 Å². The molecule has 7 nitrogen and oxygen atoms in total. The average molecular weight is 596 g/mol. The van der Waals surface area contributed by atoms with E-state index < -0.39 is 39.9 Å². The quantitative estimate of drug-likeness (QED) is 0.338. The lowest BCUT2D eigenvalue weighted by Crippen LogP contribution is -2.56. The van der Waals surface area contributed by atoms with Crippen molar-refractivity contribution in [2.45, 2.75) is 71.5 Å². The van der Waals surface area contributed by atoms with Crippen LogP contribution in [-0.2, 0) is 38.0 Å². The third kappa shape index (κ3) is 9.41. The van der Waals surface area contributed by atoms with E-state index in [1.165, 1.54) is 17.0 Å². The van der Waals surface area contributed by atoms with Crippen molar-refractivity contribution in [3.63, 3.8) is 0 Å². The van der Waals surface area contributed by atoms with Crippen LogP contribution in [0.3, 0.4) is 0 Å². The lowest BCUT2D eigenvalue weighted by Gasteiger charge is -2.35. The van der Waals surface area contributed by atoms with Crippen molar-refractivity contribution in [3.05, 3.63) is 101 Å². The molecule has 0 heterocycles. The van der Waals surface area contributed by atoms with Crippen molar-refractivity contribution in [2.24, 2.45) is 0 Å². The summed E-state index contributed by atoms with van der Waals surface area (Å²) in [5, 5.41) is 2.98. The Bertz CT molecular complexity index is 1460. The Kier molecular flexibility index (Phi) is 10.2. The summed E-state index contributed by atoms with van der Waals surface area (Å²) in [5.74, 6) is -1.36. The Balaban J connectivity index is 2.06. The summed E-state index contributed by atoms with van der Waals surface area (Å²) >= 11 is 0. The van der Waals surface area contributed by atoms with E-state index >= 15 is 0 Å². The third-order valence-electron chi connectivity index (χ3n) is 6.74. The van der Waals surface area contributed by atoms with Crippen molar-refractivity contribution < 1.29 is 22.4 Å². The summed E-state index contributed by atoms with van der Waals surface area (Å²) in [6.45, 7) is 11.2. The van der Waals surface area contributed by atoms with Gasteiger partial charge in [0, 0.05) is 18.5 Å². The van der Waals surface area contributed by atoms with Gasteiger partial charge in [-0.2, -0.15) is 0 Å². The molecule has 0 aromatic heterocycles. The van der Waals surface area contributed by atoms with Gasteiger partial charge in [0.25, 0.3) is 0 Å². The Hall–Kier alpha value is -3.72. The highest BCUT2D eigenvalue weighted by atomic mass is 32.2. The first-order chi connectivity index (χ1) is 19.4. The predicted octanol–water partition coefficient (Wildman–Crippen LogP) is 5.44. The van der Waals surface area contributed by atoms with E-state index in [-0.39, 0.29) is 24.3 Å². The number of amides is 2. The molecule has 1 atom stereocenters. The van der Waals surface area contributed by atoms with Gasteiger partial charge < -0.3 is 10.2 Å². The summed E-state index contributed by atoms with van der Waals surface area (Å²) < 4.78 is 40.7. The van der Waals surface area contributed by atoms with E-state index in [2.05, 4.69) is 26.1 Å². The number of halogens is 1. The van der Waals surface area contributed by atoms with Crippen LogP contribution in [0.5, 0.6) is 0 Å². The minimum Gasteiger partial charge on any atom is -0.350 e. The lowest BCUT2D eigenvalue weighted by molar-refractivity contribution is -0.140. The zero-order chi connectivity index (χ0) is 31.3. The summed E-state index contributed by atoms with van der Waals surface area (Å²) in [6, 6.07) is 21.1. The number of nitrogens with one attached hydrogen (secondary N) is 1. The van der Waals surface area contributed by atoms with Crippen molar-refractivity contribution in [2.75, 3.05) is 17.1 Å². The van der Waals surface area contributed by atoms with E-state index in [0.29, 0.717) is 11.3 Å². The summed E-state index contributed by atoms with van der Waals surface area (Å²) in [4.78, 5) is 29.3. The van der Waals surface area contributed by atoms with Crippen LogP contribution in [0.15, 0.2) is 78.9 Å². The van der Waals surface area contributed by atoms with Crippen LogP contribution < -0.4 is 9.62 Å². The van der Waals surface area contributed by atoms with Gasteiger partial charge in [0.05, 0.1) is 11.9 Å². The Morgan fingerprint density at radius 1 is 0.833 bits per heavy atom. The number of nitrogens with zero attached hydrogens (tertiary/aromatic N) is 2. The molecule has 1 unspecified atom stereocenters. The number of carbonyl (C=O) groups is 2. The van der Waals surface area contributed by atoms with Crippen LogP contribution in [0.25, 0.3) is 0 Å². The molecule has 9 heteroatoms. The SMILES string of the molecule is CC(C)(C)NC(=O)C(Cc1ccccc1)N(Cc1ccc(F)cc1)C(=O)CN(c1ccc(C(C)(C)C)cc1)S(C)(=O)=O. The fraction of sp³-hybridized carbons (Fsp3) is 0.394. The second kappa shape index (κ2) is 13.1. The first-order valence-corrected chi connectivity index (χ1v) is 15.8. The molecule has 3 aromatic rings. The lowest BCUT2D eigenvalue weighted by atomic mass is 9.87. The largest absolute Gasteiger partial charge is 0.350 e. The van der Waals surface area contributed by atoms with E-state index in [1.54, 1.807) is 24.3 Å². The molecule has 226 valence electrons. The van der Waals surface area contributed by atoms with Gasteiger partial charge in [-0.25, -0.2) is 12.8 Å². The Labute approximate surface area is 249 Å². The van der Waals surface area contributed by atoms with Gasteiger partial charge in [-0.05, 0) is 67.1 Å². The molecular formula is C33H42FN3O4S. The smallest absolute Gasteiger partial charge is 0.244 e. The van der Waals surface area contributed by atoms with Crippen molar-refractivity contribution in [1.29, 1.82) is 0 Å². The number of hydrogen-bond donors (Lipinski definition) is 1. The second-order valence-electron chi connectivity index (χ2n) is 12.7. The first kappa shape index (κ1) is 32.8. The van der Waals surface area contributed by atoms with Crippen molar-refractivity contribution in [1.82, 2.24) is 10.2 Å². The molecule has 0 bridgehead atoms. The molecule has 0 saturated carbocycles. The maximum absolute atomic E-state index is 14.1. The van der Waals surface area contributed by atoms with Gasteiger partial charge in [-0.3, -0.25) is 13.9 Å². The van der Waals surface area contributed by atoms with Crippen LogP contribution >= 0.6 is 0 Å². The van der Waals surface area contributed by atoms with Gasteiger partial charge in [0.2, 0.25) is 21.8 Å². The molecule has 0 aliphatic carbocycles. The van der Waals surface area contributed by atoms with Gasteiger partial charge >= 0.3 is 0 Å². The van der Waals surface area contributed by atoms with Gasteiger partial charge in [-0.1, -0.05) is 75.4 Å². The molecule has 3 aromatic carbocycles. The first-order valence-electron chi connectivity index (χ1n) is 13.9. The molecule has 0 aliphatic heterocycles. The minimum absolute atomic E-state index is 0.0191. The highest BCUT2D eigenvalue weighted by Crippen LogP contribution is 2.26. The maximum atomic E-state index is 14.1. The van der Waals surface area contributed by atoms with Crippen molar-refractivity contribution >= 4 is 27.5 Å². The summed E-state index contributed by atoms with van der Waals surface area (Å²) in [6.07, 6.45) is 1.25. The zero-order valence-electron chi connectivity index (χ0n) is 25.5. The summed E-state index contributed by atoms with van der Waals surface area (Å²) in [5.41, 5.74) is 2.09. The monoisotopic (exact) mass is 595 g/mol. The number of carbonyl (C=O) groups excluding carboxylic acids is 2. The molecular weight excluding hydrogens is 553 g/mol. The Morgan fingerprint density at radius 3 is 1.90 bits per heavy atom. The number of benzene rings is 3. The van der Waals surface area contributed by atoms with Crippen LogP contribution in [0.1, 0.15) is 58.2 Å². The molecule has 0 aliphatic rings. The minimum atomic E-state index is -3.87. The highest BCUT2D eigenvalue weighted by Gasteiger charge is 2.34. The third-order valence-corrected chi connectivity index (χ3v) is 7.88. The fourth-order valence-electron chi connectivity index (χ4n) is 4.53. The zero-order valence-corrected chi connectivity index (χ0v) is 26.3. The molecule has 0 spiro atoms. The Morgan fingerprint density at radius 2 is 1.40 bits per heavy atom. The molecule has 0 radical (unpaired) electrons. The normalized spacial score (nSPS) is 12.9. The molecule has 0 fully saturated rings. The molecule has 42 heavy (non-hydrogen) atoms. The average Bonchev–Trinajstić information content (AvgIpc) is 2.88. The molecule has 0 saturated heterocycles. The van der Waals surface area contributed by atoms with E-state index in [4.69, 9.17) is 0 Å². The number of rotatable bonds is 10. The highest BCUT2D eigenvalue weighted by molar-refractivity contribution is 7.92. The van der Waals surface area contributed by atoms with Crippen molar-refractivity contribution in [3.8, 4) is 0 Å². The van der Waals surface area contributed by atoms with Crippen LogP contribution in [0.2, 0.25) is 0 Å². The standard InChI is InChI=1S/C33H42FN3O4S/c1-32(2,3)26-15-19-28(20-16-26)37(42(7,40)41)23-30(38)36(22-25-13-17-27(34)18-14-25)29(31(39)35-33(4,5)6)21-24-11-9-8-10-12-24/h8-20,29H,21-23H2,1-7H3,(H,35,39). The topological polar surface area (TPSA) is 86.8 Å². The molecule has 1 N–H and O–H groups in total. The molecule has 3 rings (SSSR count). The number of anilines is 1. The van der Waals surface area contributed by atoms with Gasteiger partial charge in [0.1, 0.15) is 18.4 Å². The predicted molar refractivity (Wildman–Crippen MR) is 166 cm³/mol. The van der Waals surface area contributed by atoms with Crippen LogP contribution in [0, 0.1) is 5.82 Å². The number of sulfonamides is 1. The maximum Gasteiger partial charge on any atom is 0.244 e. The van der Waals surface area contributed by atoms with Gasteiger partial charge in [0.15, 0.2) is 0 Å². The van der Waals surface area contributed by atoms with Gasteiger partial charge in [-0.15, -0.1) is 0 Å². The van der Waals surface area contributed by atoms with Crippen LogP contribution in [-0.4, -0.2) is 49.5 Å². The fourth-order valence-corrected chi connectivity index (χ4v) is 5.38. The number of hydrogen-bond acceptors (Lipinski definition) is 4. The summed E-state index contributed by atoms with van der Waals surface area (Å²) in [7, 11) is -3.87. The second-order valence-corrected chi connectivity index (χ2v) is 14.6.